The van der Waals surface area contributed by atoms with Crippen molar-refractivity contribution in [2.75, 3.05) is 49.7 Å². The number of pyridine rings is 4. The minimum atomic E-state index is -0.918. The normalized spacial score (nSPS) is 17.7. The van der Waals surface area contributed by atoms with Crippen LogP contribution in [0.1, 0.15) is 101 Å². The number of aromatic nitrogens is 12. The van der Waals surface area contributed by atoms with Gasteiger partial charge in [0, 0.05) is 36.9 Å². The lowest BCUT2D eigenvalue weighted by molar-refractivity contribution is -0.0430. The minimum absolute atomic E-state index is 0.192. The molecule has 1 aromatic carbocycles. The van der Waals surface area contributed by atoms with E-state index in [1.165, 1.54) is 60.9 Å². The third kappa shape index (κ3) is 13.9. The molecular weight excluding hydrogens is 1340 g/mol. The Hall–Kier alpha value is -6.77. The van der Waals surface area contributed by atoms with Crippen molar-refractivity contribution < 1.29 is 15.3 Å². The number of likely N-dealkylation sites (tertiary alicyclic amines) is 1. The predicted molar refractivity (Wildman–Crippen MR) is 359 cm³/mol. The van der Waals surface area contributed by atoms with E-state index in [1.54, 1.807) is 38.6 Å². The van der Waals surface area contributed by atoms with Crippen LogP contribution < -0.4 is 21.3 Å². The van der Waals surface area contributed by atoms with E-state index >= 15 is 0 Å². The van der Waals surface area contributed by atoms with Gasteiger partial charge in [0.2, 0.25) is 5.95 Å². The number of hydrogen-bond donors (Lipinski definition) is 4. The van der Waals surface area contributed by atoms with Gasteiger partial charge in [-0.05, 0) is 236 Å². The molecular formula is C65H72Br3N15O5S. The average Bonchev–Trinajstić information content (AvgIpc) is 1.68. The number of benzene rings is 1. The number of anilines is 3. The van der Waals surface area contributed by atoms with Crippen LogP contribution in [0.15, 0.2) is 163 Å². The van der Waals surface area contributed by atoms with Gasteiger partial charge in [0.15, 0.2) is 28.1 Å². The van der Waals surface area contributed by atoms with Crippen LogP contribution in [0.2, 0.25) is 0 Å². The Labute approximate surface area is 545 Å². The second kappa shape index (κ2) is 27.4. The number of aliphatic hydroxyl groups is 3. The molecule has 4 N–H and O–H groups in total. The molecule has 14 rings (SSSR count). The number of rotatable bonds is 13. The van der Waals surface area contributed by atoms with Gasteiger partial charge in [-0.1, -0.05) is 48.2 Å². The fourth-order valence-corrected chi connectivity index (χ4v) is 13.5. The summed E-state index contributed by atoms with van der Waals surface area (Å²) in [6, 6.07) is 30.8. The van der Waals surface area contributed by atoms with E-state index in [4.69, 9.17) is 9.97 Å². The molecule has 1 spiro atoms. The third-order valence-corrected chi connectivity index (χ3v) is 19.6. The first kappa shape index (κ1) is 63.8. The van der Waals surface area contributed by atoms with Crippen molar-refractivity contribution in [3.63, 3.8) is 0 Å². The van der Waals surface area contributed by atoms with Crippen molar-refractivity contribution in [1.29, 1.82) is 0 Å². The molecule has 5 fully saturated rings. The second-order valence-electron chi connectivity index (χ2n) is 23.5. The van der Waals surface area contributed by atoms with E-state index in [9.17, 15) is 24.9 Å². The number of piperidine rings is 2. The van der Waals surface area contributed by atoms with Crippen molar-refractivity contribution >= 4 is 98.9 Å². The molecule has 2 saturated heterocycles. The van der Waals surface area contributed by atoms with Gasteiger partial charge < -0.3 is 30.4 Å². The molecule has 9 aromatic rings. The fraction of sp³-hybridized carbons (Fsp3) is 0.385. The molecule has 3 saturated carbocycles. The highest BCUT2D eigenvalue weighted by atomic mass is 79.9. The lowest BCUT2D eigenvalue weighted by Crippen LogP contribution is -2.46. The Kier molecular flexibility index (Phi) is 19.6. The molecule has 0 unspecified atom stereocenters. The van der Waals surface area contributed by atoms with E-state index in [0.29, 0.717) is 93.8 Å². The molecule has 2 aliphatic heterocycles. The molecule has 5 aliphatic rings. The van der Waals surface area contributed by atoms with Crippen LogP contribution in [0, 0.1) is 5.41 Å². The predicted octanol–water partition coefficient (Wildman–Crippen LogP) is 11.7. The smallest absolute Gasteiger partial charge is 0.278 e. The summed E-state index contributed by atoms with van der Waals surface area (Å²) in [6.45, 7) is 12.8. The summed E-state index contributed by atoms with van der Waals surface area (Å²) in [6.07, 6.45) is 21.0. The van der Waals surface area contributed by atoms with Crippen molar-refractivity contribution in [2.45, 2.75) is 119 Å². The van der Waals surface area contributed by atoms with E-state index in [1.807, 2.05) is 79.1 Å². The maximum Gasteiger partial charge on any atom is 0.278 e. The first-order valence-corrected chi connectivity index (χ1v) is 33.6. The monoisotopic (exact) mass is 1410 g/mol. The molecule has 0 amide bonds. The van der Waals surface area contributed by atoms with Crippen LogP contribution in [0.5, 0.6) is 0 Å². The molecule has 8 aromatic heterocycles. The molecule has 89 heavy (non-hydrogen) atoms. The number of hydrogen-bond acceptors (Lipinski definition) is 17. The van der Waals surface area contributed by atoms with Gasteiger partial charge >= 0.3 is 0 Å². The zero-order valence-corrected chi connectivity index (χ0v) is 55.4. The average molecular weight is 1420 g/mol. The van der Waals surface area contributed by atoms with Crippen LogP contribution in [-0.2, 0) is 29.9 Å². The van der Waals surface area contributed by atoms with E-state index in [0.717, 1.165) is 70.4 Å². The Morgan fingerprint density at radius 2 is 0.989 bits per heavy atom. The van der Waals surface area contributed by atoms with Gasteiger partial charge in [0.25, 0.3) is 11.1 Å². The molecule has 24 heteroatoms. The van der Waals surface area contributed by atoms with Gasteiger partial charge in [-0.2, -0.15) is 4.98 Å². The summed E-state index contributed by atoms with van der Waals surface area (Å²) in [4.78, 5) is 66.7. The van der Waals surface area contributed by atoms with Crippen LogP contribution in [-0.4, -0.2) is 118 Å². The Balaban J connectivity index is 0.000000148. The number of thioether (sulfide) groups is 1. The second-order valence-corrected chi connectivity index (χ2v) is 26.7. The van der Waals surface area contributed by atoms with Gasteiger partial charge in [0.1, 0.15) is 41.4 Å². The third-order valence-electron chi connectivity index (χ3n) is 17.7. The van der Waals surface area contributed by atoms with Gasteiger partial charge in [-0.25, -0.2) is 53.6 Å². The molecule has 0 atom stereocenters. The standard InChI is InChI=1S/C33H40N8O2.C18H19N5O2S.C9H10BrNO.C5H3Br2N/c1-3-18-40-30(42)26-23-34-31(37-29(26)41(40)28-7-4-6-27(36-28)33(43)12-5-13-33)35-24-8-10-25(11-9-24)39-21-16-32(17-22-39)14-19-38(2)20-15-32;1-3-10-22-16(24)12-11-19-17(26-2)21-15(12)23(22)14-7-4-6-13(20-14)18(25)8-5-9-18;10-8-4-1-3-7(11-8)9(12)5-2-6-9;6-4-2-1-3-5(7)8-4/h3-4,6-11,23,43H,1,5,12-22H2,2H3,(H,34,35,37);3-4,6-7,11,25H,1,5,8-10H2,2H3;1,3-4,12H,2,5-6H2;1-3H. The van der Waals surface area contributed by atoms with Crippen molar-refractivity contribution in [3.8, 4) is 11.6 Å². The Bertz CT molecular complexity index is 4110. The highest BCUT2D eigenvalue weighted by Crippen LogP contribution is 2.44. The number of nitrogens with zero attached hydrogens (tertiary/aromatic N) is 14. The summed E-state index contributed by atoms with van der Waals surface area (Å²) in [5, 5.41) is 36.2. The first-order chi connectivity index (χ1) is 42.9. The topological polar surface area (TPSA) is 236 Å². The molecule has 464 valence electrons. The Morgan fingerprint density at radius 3 is 1.43 bits per heavy atom. The van der Waals surface area contributed by atoms with Crippen molar-refractivity contribution in [1.82, 2.24) is 63.5 Å². The maximum atomic E-state index is 13.3. The van der Waals surface area contributed by atoms with E-state index in [-0.39, 0.29) is 17.7 Å². The zero-order chi connectivity index (χ0) is 62.5. The lowest BCUT2D eigenvalue weighted by Gasteiger charge is -2.46. The number of fused-ring (bicyclic) bond motifs is 2. The van der Waals surface area contributed by atoms with Crippen LogP contribution >= 0.6 is 59.6 Å². The van der Waals surface area contributed by atoms with Crippen LogP contribution in [0.25, 0.3) is 33.7 Å². The van der Waals surface area contributed by atoms with Crippen molar-refractivity contribution in [2.24, 2.45) is 5.41 Å². The number of nitrogens with one attached hydrogen (secondary N) is 1. The molecule has 3 aliphatic carbocycles. The van der Waals surface area contributed by atoms with Gasteiger partial charge in [-0.15, -0.1) is 13.2 Å². The molecule has 0 radical (unpaired) electrons. The van der Waals surface area contributed by atoms with Gasteiger partial charge in [-0.3, -0.25) is 9.59 Å². The fourth-order valence-electron chi connectivity index (χ4n) is 11.9. The zero-order valence-electron chi connectivity index (χ0n) is 49.9. The molecule has 0 bridgehead atoms. The summed E-state index contributed by atoms with van der Waals surface area (Å²) < 4.78 is 8.98. The summed E-state index contributed by atoms with van der Waals surface area (Å²) in [7, 11) is 2.23. The largest absolute Gasteiger partial charge is 0.384 e. The quantitative estimate of drug-likeness (QED) is 0.0363. The van der Waals surface area contributed by atoms with Crippen LogP contribution in [0.4, 0.5) is 17.3 Å². The minimum Gasteiger partial charge on any atom is -0.384 e. The first-order valence-electron chi connectivity index (χ1n) is 30.0. The van der Waals surface area contributed by atoms with Gasteiger partial charge in [0.05, 0.1) is 30.2 Å². The summed E-state index contributed by atoms with van der Waals surface area (Å²) in [5.74, 6) is 1.45. The van der Waals surface area contributed by atoms with Crippen LogP contribution in [0.3, 0.4) is 0 Å². The number of halogens is 3. The summed E-state index contributed by atoms with van der Waals surface area (Å²) in [5.41, 5.74) is 2.78. The number of allylic oxidation sites excluding steroid dienone is 2. The molecule has 10 heterocycles. The highest BCUT2D eigenvalue weighted by molar-refractivity contribution is 9.11. The Morgan fingerprint density at radius 1 is 0.551 bits per heavy atom. The lowest BCUT2D eigenvalue weighted by atomic mass is 9.71. The van der Waals surface area contributed by atoms with E-state index < -0.39 is 16.8 Å². The summed E-state index contributed by atoms with van der Waals surface area (Å²) >= 11 is 11.1. The molecule has 20 nitrogen and oxygen atoms in total. The highest BCUT2D eigenvalue weighted by Gasteiger charge is 2.41. The van der Waals surface area contributed by atoms with E-state index in [2.05, 4.69) is 137 Å². The SMILES string of the molecule is Brc1cccc(Br)n1.C=CCn1c(=O)c2cnc(Nc3ccc(N4CCC5(CCN(C)CC5)CC4)cc3)nc2n1-c1cccc(C2(O)CCC2)n1.C=CCn1c(=O)c2cnc(SC)nc2n1-c1cccc(C2(O)CCC2)n1.OC1(c2cccc(Br)n2)CCC1. The van der Waals surface area contributed by atoms with Crippen molar-refractivity contribution in [3.05, 3.63) is 186 Å². The maximum absolute atomic E-state index is 13.3.